The minimum absolute atomic E-state index is 0. The van der Waals surface area contributed by atoms with E-state index in [4.69, 9.17) is 5.73 Å². The Kier molecular flexibility index (Phi) is 9.43. The van der Waals surface area contributed by atoms with Crippen LogP contribution in [0, 0.1) is 5.92 Å². The summed E-state index contributed by atoms with van der Waals surface area (Å²) >= 11 is 0. The number of likely N-dealkylation sites (N-methyl/N-ethyl adjacent to an activating group) is 1. The van der Waals surface area contributed by atoms with Crippen LogP contribution < -0.4 is 11.1 Å². The molecular formula is C19H33ClN4O. The molecule has 3 N–H and O–H groups in total. The number of rotatable bonds is 7. The summed E-state index contributed by atoms with van der Waals surface area (Å²) in [7, 11) is 0. The summed E-state index contributed by atoms with van der Waals surface area (Å²) in [4.78, 5) is 17.1. The monoisotopic (exact) mass is 368 g/mol. The molecule has 1 atom stereocenters. The Labute approximate surface area is 158 Å². The number of hydrogen-bond donors (Lipinski definition) is 2. The first-order valence-electron chi connectivity index (χ1n) is 9.06. The topological polar surface area (TPSA) is 61.6 Å². The van der Waals surface area contributed by atoms with Gasteiger partial charge in [0, 0.05) is 39.3 Å². The molecule has 1 saturated heterocycles. The quantitative estimate of drug-likeness (QED) is 0.771. The van der Waals surface area contributed by atoms with Crippen molar-refractivity contribution in [1.82, 2.24) is 15.1 Å². The molecule has 2 rings (SSSR count). The van der Waals surface area contributed by atoms with Crippen LogP contribution in [-0.2, 0) is 17.9 Å². The highest BCUT2D eigenvalue weighted by Gasteiger charge is 2.18. The zero-order valence-electron chi connectivity index (χ0n) is 15.7. The first kappa shape index (κ1) is 21.9. The molecule has 1 heterocycles. The largest absolute Gasteiger partial charge is 0.351 e. The average Bonchev–Trinajstić information content (AvgIpc) is 2.60. The highest BCUT2D eigenvalue weighted by Crippen LogP contribution is 2.14. The van der Waals surface area contributed by atoms with Gasteiger partial charge in [-0.2, -0.15) is 0 Å². The number of hydrogen-bond acceptors (Lipinski definition) is 4. The highest BCUT2D eigenvalue weighted by molar-refractivity contribution is 5.85. The van der Waals surface area contributed by atoms with Gasteiger partial charge in [-0.25, -0.2) is 0 Å². The van der Waals surface area contributed by atoms with Crippen LogP contribution in [-0.4, -0.2) is 54.5 Å². The molecule has 0 bridgehead atoms. The van der Waals surface area contributed by atoms with Crippen LogP contribution in [0.4, 0.5) is 0 Å². The summed E-state index contributed by atoms with van der Waals surface area (Å²) in [5.41, 5.74) is 8.39. The lowest BCUT2D eigenvalue weighted by molar-refractivity contribution is -0.123. The minimum Gasteiger partial charge on any atom is -0.351 e. The molecule has 0 aliphatic carbocycles. The van der Waals surface area contributed by atoms with Crippen LogP contribution in [0.1, 0.15) is 31.9 Å². The number of amides is 1. The van der Waals surface area contributed by atoms with Gasteiger partial charge in [-0.1, -0.05) is 45.0 Å². The van der Waals surface area contributed by atoms with Gasteiger partial charge in [0.05, 0.1) is 6.04 Å². The van der Waals surface area contributed by atoms with Crippen molar-refractivity contribution in [1.29, 1.82) is 0 Å². The van der Waals surface area contributed by atoms with E-state index in [2.05, 4.69) is 40.2 Å². The van der Waals surface area contributed by atoms with Crippen molar-refractivity contribution in [2.45, 2.75) is 39.9 Å². The zero-order valence-corrected chi connectivity index (χ0v) is 16.5. The minimum atomic E-state index is -0.445. The van der Waals surface area contributed by atoms with Crippen LogP contribution in [0.15, 0.2) is 24.3 Å². The summed E-state index contributed by atoms with van der Waals surface area (Å²) in [6.45, 7) is 13.3. The Bertz CT molecular complexity index is 530. The van der Waals surface area contributed by atoms with E-state index in [-0.39, 0.29) is 24.2 Å². The molecule has 6 heteroatoms. The Morgan fingerprint density at radius 2 is 1.68 bits per heavy atom. The summed E-state index contributed by atoms with van der Waals surface area (Å²) in [6, 6.07) is 7.92. The normalized spacial score (nSPS) is 17.2. The van der Waals surface area contributed by atoms with Crippen molar-refractivity contribution in [2.75, 3.05) is 32.7 Å². The van der Waals surface area contributed by atoms with Crippen molar-refractivity contribution in [3.8, 4) is 0 Å². The molecule has 1 aliphatic rings. The van der Waals surface area contributed by atoms with E-state index in [1.165, 1.54) is 11.1 Å². The maximum atomic E-state index is 12.1. The molecule has 1 fully saturated rings. The fourth-order valence-corrected chi connectivity index (χ4v) is 2.99. The molecule has 0 spiro atoms. The molecule has 0 unspecified atom stereocenters. The van der Waals surface area contributed by atoms with Crippen LogP contribution in [0.2, 0.25) is 0 Å². The van der Waals surface area contributed by atoms with Crippen LogP contribution in [0.25, 0.3) is 0 Å². The molecule has 25 heavy (non-hydrogen) atoms. The predicted molar refractivity (Wildman–Crippen MR) is 106 cm³/mol. The number of carbonyl (C=O) groups excluding carboxylic acids is 1. The molecule has 1 amide bonds. The fraction of sp³-hybridized carbons (Fsp3) is 0.632. The van der Waals surface area contributed by atoms with Gasteiger partial charge in [0.15, 0.2) is 0 Å². The van der Waals surface area contributed by atoms with Crippen molar-refractivity contribution < 1.29 is 4.79 Å². The number of carbonyl (C=O) groups is 1. The smallest absolute Gasteiger partial charge is 0.237 e. The Morgan fingerprint density at radius 3 is 2.24 bits per heavy atom. The predicted octanol–water partition coefficient (Wildman–Crippen LogP) is 1.85. The van der Waals surface area contributed by atoms with Gasteiger partial charge < -0.3 is 16.0 Å². The number of benzene rings is 1. The van der Waals surface area contributed by atoms with Gasteiger partial charge >= 0.3 is 0 Å². The maximum Gasteiger partial charge on any atom is 0.237 e. The Morgan fingerprint density at radius 1 is 1.12 bits per heavy atom. The van der Waals surface area contributed by atoms with Crippen LogP contribution >= 0.6 is 12.4 Å². The van der Waals surface area contributed by atoms with Crippen LogP contribution in [0.3, 0.4) is 0 Å². The second kappa shape index (κ2) is 10.8. The molecule has 1 aromatic carbocycles. The van der Waals surface area contributed by atoms with E-state index in [0.717, 1.165) is 39.3 Å². The van der Waals surface area contributed by atoms with E-state index < -0.39 is 6.04 Å². The number of piperazine rings is 1. The van der Waals surface area contributed by atoms with Crippen molar-refractivity contribution >= 4 is 18.3 Å². The third-order valence-electron chi connectivity index (χ3n) is 4.90. The Hall–Kier alpha value is -1.14. The first-order chi connectivity index (χ1) is 11.5. The summed E-state index contributed by atoms with van der Waals surface area (Å²) in [5, 5.41) is 2.98. The highest BCUT2D eigenvalue weighted by atomic mass is 35.5. The van der Waals surface area contributed by atoms with E-state index >= 15 is 0 Å². The molecular weight excluding hydrogens is 336 g/mol. The summed E-state index contributed by atoms with van der Waals surface area (Å²) < 4.78 is 0. The molecule has 0 aromatic heterocycles. The van der Waals surface area contributed by atoms with Crippen molar-refractivity contribution in [3.63, 3.8) is 0 Å². The third-order valence-corrected chi connectivity index (χ3v) is 4.90. The van der Waals surface area contributed by atoms with Gasteiger partial charge in [0.2, 0.25) is 5.91 Å². The van der Waals surface area contributed by atoms with E-state index in [0.29, 0.717) is 6.54 Å². The third kappa shape index (κ3) is 6.59. The number of nitrogens with one attached hydrogen (secondary N) is 1. The zero-order chi connectivity index (χ0) is 17.5. The van der Waals surface area contributed by atoms with Gasteiger partial charge in [-0.3, -0.25) is 9.69 Å². The molecule has 5 nitrogen and oxygen atoms in total. The molecule has 142 valence electrons. The molecule has 1 aliphatic heterocycles. The molecule has 1 aromatic rings. The van der Waals surface area contributed by atoms with E-state index in [1.54, 1.807) is 0 Å². The Balaban J connectivity index is 0.00000312. The number of nitrogens with zero attached hydrogens (tertiary/aromatic N) is 2. The average molecular weight is 369 g/mol. The SMILES string of the molecule is CCN1CCN(Cc2ccccc2CNC(=O)[C@@H](N)C(C)C)CC1.Cl. The van der Waals surface area contributed by atoms with E-state index in [9.17, 15) is 4.79 Å². The van der Waals surface area contributed by atoms with Crippen molar-refractivity contribution in [2.24, 2.45) is 11.7 Å². The lowest BCUT2D eigenvalue weighted by Gasteiger charge is -2.34. The first-order valence-corrected chi connectivity index (χ1v) is 9.06. The second-order valence-corrected chi connectivity index (χ2v) is 6.97. The van der Waals surface area contributed by atoms with Gasteiger partial charge in [0.1, 0.15) is 0 Å². The molecule has 0 radical (unpaired) electrons. The van der Waals surface area contributed by atoms with Gasteiger partial charge in [0.25, 0.3) is 0 Å². The van der Waals surface area contributed by atoms with Gasteiger partial charge in [-0.05, 0) is 23.6 Å². The van der Waals surface area contributed by atoms with Gasteiger partial charge in [-0.15, -0.1) is 12.4 Å². The number of halogens is 1. The fourth-order valence-electron chi connectivity index (χ4n) is 2.99. The number of nitrogens with two attached hydrogens (primary N) is 1. The second-order valence-electron chi connectivity index (χ2n) is 6.97. The standard InChI is InChI=1S/C19H32N4O.ClH/c1-4-22-9-11-23(12-10-22)14-17-8-6-5-7-16(17)13-21-19(24)18(20)15(2)3;/h5-8,15,18H,4,9-14,20H2,1-3H3,(H,21,24);1H/t18-;/m0./s1. The molecule has 0 saturated carbocycles. The van der Waals surface area contributed by atoms with E-state index in [1.807, 2.05) is 19.9 Å². The van der Waals surface area contributed by atoms with Crippen molar-refractivity contribution in [3.05, 3.63) is 35.4 Å². The lowest BCUT2D eigenvalue weighted by atomic mass is 10.0. The summed E-state index contributed by atoms with van der Waals surface area (Å²) in [6.07, 6.45) is 0. The lowest BCUT2D eigenvalue weighted by Crippen LogP contribution is -2.46. The maximum absolute atomic E-state index is 12.1. The summed E-state index contributed by atoms with van der Waals surface area (Å²) in [5.74, 6) is 0.0754. The van der Waals surface area contributed by atoms with Crippen LogP contribution in [0.5, 0.6) is 0 Å².